The molecule has 1 aliphatic rings. The van der Waals surface area contributed by atoms with Crippen molar-refractivity contribution >= 4 is 23.4 Å². The lowest BCUT2D eigenvalue weighted by Gasteiger charge is -2.22. The summed E-state index contributed by atoms with van der Waals surface area (Å²) >= 11 is 8.07. The molecule has 1 fully saturated rings. The van der Waals surface area contributed by atoms with Crippen LogP contribution in [-0.4, -0.2) is 11.8 Å². The topological polar surface area (TPSA) is 26.0 Å². The van der Waals surface area contributed by atoms with Crippen molar-refractivity contribution in [3.63, 3.8) is 0 Å². The maximum atomic E-state index is 6.05. The van der Waals surface area contributed by atoms with Crippen molar-refractivity contribution in [2.24, 2.45) is 5.73 Å². The molecule has 0 aliphatic heterocycles. The molecular weight excluding hydrogens is 250 g/mol. The minimum atomic E-state index is 0.693. The number of hydrogen-bond donors (Lipinski definition) is 1. The molecule has 0 saturated heterocycles. The van der Waals surface area contributed by atoms with Crippen LogP contribution in [0.15, 0.2) is 23.1 Å². The van der Waals surface area contributed by atoms with E-state index in [1.165, 1.54) is 42.6 Å². The van der Waals surface area contributed by atoms with Gasteiger partial charge in [0.25, 0.3) is 0 Å². The average molecular weight is 270 g/mol. The van der Waals surface area contributed by atoms with Crippen molar-refractivity contribution in [2.45, 2.75) is 48.7 Å². The molecule has 1 saturated carbocycles. The Hall–Kier alpha value is -0.180. The second-order valence-electron chi connectivity index (χ2n) is 4.67. The molecule has 0 bridgehead atoms. The van der Waals surface area contributed by atoms with E-state index in [-0.39, 0.29) is 0 Å². The normalized spacial score (nSPS) is 17.3. The standard InChI is InChI=1S/C14H20ClNS/c15-12-6-7-14(11(10-12)8-9-16)17-13-4-2-1-3-5-13/h6-7,10,13H,1-5,8-9,16H2. The molecule has 2 rings (SSSR count). The number of hydrogen-bond acceptors (Lipinski definition) is 2. The number of benzene rings is 1. The number of halogens is 1. The zero-order valence-electron chi connectivity index (χ0n) is 10.1. The summed E-state index contributed by atoms with van der Waals surface area (Å²) in [5.41, 5.74) is 6.98. The van der Waals surface area contributed by atoms with Crippen LogP contribution < -0.4 is 5.73 Å². The van der Waals surface area contributed by atoms with E-state index in [2.05, 4.69) is 12.1 Å². The van der Waals surface area contributed by atoms with Crippen molar-refractivity contribution in [1.82, 2.24) is 0 Å². The van der Waals surface area contributed by atoms with Crippen molar-refractivity contribution in [2.75, 3.05) is 6.54 Å². The number of nitrogens with two attached hydrogens (primary N) is 1. The lowest BCUT2D eigenvalue weighted by molar-refractivity contribution is 0.516. The van der Waals surface area contributed by atoms with Crippen molar-refractivity contribution < 1.29 is 0 Å². The highest BCUT2D eigenvalue weighted by atomic mass is 35.5. The minimum absolute atomic E-state index is 0.693. The van der Waals surface area contributed by atoms with Crippen molar-refractivity contribution in [1.29, 1.82) is 0 Å². The maximum absolute atomic E-state index is 6.05. The summed E-state index contributed by atoms with van der Waals surface area (Å²) in [7, 11) is 0. The summed E-state index contributed by atoms with van der Waals surface area (Å²) < 4.78 is 0. The highest BCUT2D eigenvalue weighted by molar-refractivity contribution is 8.00. The fourth-order valence-electron chi connectivity index (χ4n) is 2.38. The maximum Gasteiger partial charge on any atom is 0.0409 e. The Morgan fingerprint density at radius 2 is 2.00 bits per heavy atom. The Kier molecular flexibility index (Phi) is 5.20. The van der Waals surface area contributed by atoms with Crippen LogP contribution in [0.1, 0.15) is 37.7 Å². The van der Waals surface area contributed by atoms with Gasteiger partial charge in [-0.25, -0.2) is 0 Å². The second kappa shape index (κ2) is 6.67. The predicted octanol–water partition coefficient (Wildman–Crippen LogP) is 4.27. The van der Waals surface area contributed by atoms with E-state index in [1.807, 2.05) is 17.8 Å². The van der Waals surface area contributed by atoms with Crippen LogP contribution >= 0.6 is 23.4 Å². The quantitative estimate of drug-likeness (QED) is 0.884. The smallest absolute Gasteiger partial charge is 0.0409 e. The Balaban J connectivity index is 2.07. The Morgan fingerprint density at radius 3 is 2.71 bits per heavy atom. The lowest BCUT2D eigenvalue weighted by atomic mass is 10.0. The molecule has 1 nitrogen and oxygen atoms in total. The zero-order valence-corrected chi connectivity index (χ0v) is 11.7. The van der Waals surface area contributed by atoms with E-state index >= 15 is 0 Å². The summed E-state index contributed by atoms with van der Waals surface area (Å²) in [6, 6.07) is 6.22. The van der Waals surface area contributed by atoms with Crippen LogP contribution in [0.3, 0.4) is 0 Å². The van der Waals surface area contributed by atoms with Gasteiger partial charge in [-0.1, -0.05) is 30.9 Å². The first-order valence-electron chi connectivity index (χ1n) is 6.45. The molecule has 3 heteroatoms. The van der Waals surface area contributed by atoms with Crippen LogP contribution in [0.25, 0.3) is 0 Å². The molecule has 17 heavy (non-hydrogen) atoms. The van der Waals surface area contributed by atoms with E-state index in [1.54, 1.807) is 0 Å². The molecule has 0 spiro atoms. The average Bonchev–Trinajstić information content (AvgIpc) is 2.34. The summed E-state index contributed by atoms with van der Waals surface area (Å²) in [4.78, 5) is 1.38. The Bertz CT molecular complexity index is 361. The first-order chi connectivity index (χ1) is 8.29. The molecule has 0 unspecified atom stereocenters. The molecule has 94 valence electrons. The van der Waals surface area contributed by atoms with E-state index < -0.39 is 0 Å². The van der Waals surface area contributed by atoms with Crippen molar-refractivity contribution in [3.8, 4) is 0 Å². The van der Waals surface area contributed by atoms with Gasteiger partial charge in [-0.2, -0.15) is 0 Å². The first kappa shape index (κ1) is 13.3. The molecule has 1 aromatic carbocycles. The van der Waals surface area contributed by atoms with Crippen LogP contribution in [0.4, 0.5) is 0 Å². The fourth-order valence-corrected chi connectivity index (χ4v) is 3.96. The minimum Gasteiger partial charge on any atom is -0.330 e. The van der Waals surface area contributed by atoms with Crippen LogP contribution in [0.5, 0.6) is 0 Å². The number of thioether (sulfide) groups is 1. The molecule has 0 aromatic heterocycles. The molecule has 0 radical (unpaired) electrons. The predicted molar refractivity (Wildman–Crippen MR) is 76.9 cm³/mol. The summed E-state index contributed by atoms with van der Waals surface area (Å²) in [6.07, 6.45) is 7.82. The van der Waals surface area contributed by atoms with Gasteiger partial charge in [0.15, 0.2) is 0 Å². The summed E-state index contributed by atoms with van der Waals surface area (Å²) in [6.45, 7) is 0.693. The SMILES string of the molecule is NCCc1cc(Cl)ccc1SC1CCCCC1. The van der Waals surface area contributed by atoms with Gasteiger partial charge in [0.2, 0.25) is 0 Å². The van der Waals surface area contributed by atoms with E-state index in [0.717, 1.165) is 16.7 Å². The van der Waals surface area contributed by atoms with Crippen LogP contribution in [-0.2, 0) is 6.42 Å². The Labute approximate surface area is 113 Å². The van der Waals surface area contributed by atoms with Crippen LogP contribution in [0, 0.1) is 0 Å². The van der Waals surface area contributed by atoms with Gasteiger partial charge in [-0.05, 0) is 49.6 Å². The second-order valence-corrected chi connectivity index (χ2v) is 6.45. The third kappa shape index (κ3) is 3.90. The van der Waals surface area contributed by atoms with Gasteiger partial charge in [-0.15, -0.1) is 11.8 Å². The van der Waals surface area contributed by atoms with Gasteiger partial charge < -0.3 is 5.73 Å². The zero-order chi connectivity index (χ0) is 12.1. The van der Waals surface area contributed by atoms with Gasteiger partial charge >= 0.3 is 0 Å². The molecule has 1 aliphatic carbocycles. The molecule has 1 aromatic rings. The Morgan fingerprint density at radius 1 is 1.24 bits per heavy atom. The molecule has 0 atom stereocenters. The van der Waals surface area contributed by atoms with Gasteiger partial charge in [0.1, 0.15) is 0 Å². The van der Waals surface area contributed by atoms with E-state index in [4.69, 9.17) is 17.3 Å². The van der Waals surface area contributed by atoms with Gasteiger partial charge in [0.05, 0.1) is 0 Å². The largest absolute Gasteiger partial charge is 0.330 e. The van der Waals surface area contributed by atoms with Crippen LogP contribution in [0.2, 0.25) is 5.02 Å². The highest BCUT2D eigenvalue weighted by Gasteiger charge is 2.16. The molecule has 2 N–H and O–H groups in total. The molecular formula is C14H20ClNS. The third-order valence-corrected chi connectivity index (χ3v) is 4.97. The summed E-state index contributed by atoms with van der Waals surface area (Å²) in [5.74, 6) is 0. The third-order valence-electron chi connectivity index (χ3n) is 3.28. The van der Waals surface area contributed by atoms with Gasteiger partial charge in [-0.3, -0.25) is 0 Å². The van der Waals surface area contributed by atoms with Crippen molar-refractivity contribution in [3.05, 3.63) is 28.8 Å². The molecule has 0 amide bonds. The monoisotopic (exact) mass is 269 g/mol. The highest BCUT2D eigenvalue weighted by Crippen LogP contribution is 2.36. The lowest BCUT2D eigenvalue weighted by Crippen LogP contribution is -2.09. The van der Waals surface area contributed by atoms with Gasteiger partial charge in [0, 0.05) is 15.2 Å². The first-order valence-corrected chi connectivity index (χ1v) is 7.70. The summed E-state index contributed by atoms with van der Waals surface area (Å²) in [5, 5.41) is 1.61. The molecule has 0 heterocycles. The fraction of sp³-hybridized carbons (Fsp3) is 0.571. The number of rotatable bonds is 4. The van der Waals surface area contributed by atoms with E-state index in [0.29, 0.717) is 6.54 Å². The van der Waals surface area contributed by atoms with E-state index in [9.17, 15) is 0 Å².